The molecule has 0 spiro atoms. The van der Waals surface area contributed by atoms with E-state index in [4.69, 9.17) is 5.73 Å². The molecular formula is C20H19N5O3. The number of aromatic nitrogens is 2. The third-order valence-electron chi connectivity index (χ3n) is 3.95. The summed E-state index contributed by atoms with van der Waals surface area (Å²) in [6.45, 7) is 0.560. The molecule has 142 valence electrons. The average molecular weight is 377 g/mol. The molecule has 0 aliphatic rings. The molecular weight excluding hydrogens is 358 g/mol. The second-order valence-corrected chi connectivity index (χ2v) is 6.07. The van der Waals surface area contributed by atoms with E-state index in [0.29, 0.717) is 5.69 Å². The number of rotatable bonds is 6. The van der Waals surface area contributed by atoms with Crippen LogP contribution in [0.4, 0.5) is 10.5 Å². The molecule has 0 saturated heterocycles. The molecule has 8 heteroatoms. The maximum atomic E-state index is 12.4. The van der Waals surface area contributed by atoms with Gasteiger partial charge in [-0.25, -0.2) is 9.48 Å². The molecule has 0 saturated carbocycles. The lowest BCUT2D eigenvalue weighted by Gasteiger charge is -2.09. The minimum atomic E-state index is -0.641. The van der Waals surface area contributed by atoms with Gasteiger partial charge in [-0.15, -0.1) is 0 Å². The van der Waals surface area contributed by atoms with Gasteiger partial charge in [-0.2, -0.15) is 5.10 Å². The monoisotopic (exact) mass is 377 g/mol. The van der Waals surface area contributed by atoms with Gasteiger partial charge in [0, 0.05) is 18.3 Å². The zero-order valence-electron chi connectivity index (χ0n) is 15.0. The smallest absolute Gasteiger partial charge is 0.316 e. The van der Waals surface area contributed by atoms with Crippen molar-refractivity contribution >= 4 is 17.6 Å². The third kappa shape index (κ3) is 5.04. The Bertz CT molecular complexity index is 1030. The normalized spacial score (nSPS) is 10.3. The van der Waals surface area contributed by atoms with E-state index < -0.39 is 6.03 Å². The third-order valence-corrected chi connectivity index (χ3v) is 3.95. The Labute approximate surface area is 161 Å². The first-order valence-corrected chi connectivity index (χ1v) is 8.57. The summed E-state index contributed by atoms with van der Waals surface area (Å²) >= 11 is 0. The lowest BCUT2D eigenvalue weighted by Crippen LogP contribution is -2.29. The fourth-order valence-corrected chi connectivity index (χ4v) is 2.56. The SMILES string of the molecule is NC(=O)Nc1ccc(CNC(=O)c2ccc(=O)n(Cc3ccccc3)n2)cc1. The second kappa shape index (κ2) is 8.63. The molecule has 0 unspecified atom stereocenters. The number of benzene rings is 2. The van der Waals surface area contributed by atoms with Crippen molar-refractivity contribution in [1.29, 1.82) is 0 Å². The van der Waals surface area contributed by atoms with Gasteiger partial charge < -0.3 is 16.4 Å². The number of carbonyl (C=O) groups is 2. The van der Waals surface area contributed by atoms with Crippen molar-refractivity contribution in [3.05, 3.63) is 93.9 Å². The van der Waals surface area contributed by atoms with E-state index >= 15 is 0 Å². The van der Waals surface area contributed by atoms with Crippen LogP contribution in [0.3, 0.4) is 0 Å². The van der Waals surface area contributed by atoms with Crippen molar-refractivity contribution in [3.8, 4) is 0 Å². The van der Waals surface area contributed by atoms with E-state index in [1.54, 1.807) is 24.3 Å². The summed E-state index contributed by atoms with van der Waals surface area (Å²) in [4.78, 5) is 35.2. The van der Waals surface area contributed by atoms with E-state index in [1.807, 2.05) is 30.3 Å². The van der Waals surface area contributed by atoms with Crippen LogP contribution in [0.25, 0.3) is 0 Å². The van der Waals surface area contributed by atoms with Gasteiger partial charge in [-0.3, -0.25) is 9.59 Å². The summed E-state index contributed by atoms with van der Waals surface area (Å²) < 4.78 is 1.26. The predicted octanol–water partition coefficient (Wildman–Crippen LogP) is 1.71. The van der Waals surface area contributed by atoms with Gasteiger partial charge in [-0.1, -0.05) is 42.5 Å². The van der Waals surface area contributed by atoms with Crippen molar-refractivity contribution in [1.82, 2.24) is 15.1 Å². The second-order valence-electron chi connectivity index (χ2n) is 6.07. The van der Waals surface area contributed by atoms with Crippen LogP contribution >= 0.6 is 0 Å². The number of carbonyl (C=O) groups excluding carboxylic acids is 2. The Morgan fingerprint density at radius 1 is 0.929 bits per heavy atom. The Morgan fingerprint density at radius 3 is 2.32 bits per heavy atom. The minimum Gasteiger partial charge on any atom is -0.351 e. The van der Waals surface area contributed by atoms with Gasteiger partial charge in [0.15, 0.2) is 0 Å². The summed E-state index contributed by atoms with van der Waals surface area (Å²) in [5.74, 6) is -0.388. The number of primary amides is 1. The molecule has 1 heterocycles. The number of nitrogens with one attached hydrogen (secondary N) is 2. The molecule has 3 rings (SSSR count). The zero-order valence-corrected chi connectivity index (χ0v) is 15.0. The number of amides is 3. The molecule has 0 fully saturated rings. The summed E-state index contributed by atoms with van der Waals surface area (Å²) in [5.41, 5.74) is 7.25. The molecule has 4 N–H and O–H groups in total. The first-order chi connectivity index (χ1) is 13.5. The van der Waals surface area contributed by atoms with Crippen LogP contribution in [0.1, 0.15) is 21.6 Å². The molecule has 1 aromatic heterocycles. The number of nitrogens with zero attached hydrogens (tertiary/aromatic N) is 2. The summed E-state index contributed by atoms with van der Waals surface area (Å²) in [6, 6.07) is 18.4. The maximum Gasteiger partial charge on any atom is 0.316 e. The number of urea groups is 1. The molecule has 0 aliphatic carbocycles. The highest BCUT2D eigenvalue weighted by molar-refractivity contribution is 5.92. The predicted molar refractivity (Wildman–Crippen MR) is 105 cm³/mol. The van der Waals surface area contributed by atoms with Crippen LogP contribution in [-0.4, -0.2) is 21.7 Å². The Kier molecular flexibility index (Phi) is 5.81. The molecule has 0 atom stereocenters. The molecule has 3 aromatic rings. The highest BCUT2D eigenvalue weighted by Gasteiger charge is 2.10. The standard InChI is InChI=1S/C20H19N5O3/c21-20(28)23-16-8-6-14(7-9-16)12-22-19(27)17-10-11-18(26)25(24-17)13-15-4-2-1-3-5-15/h1-11H,12-13H2,(H,22,27)(H3,21,23,28). The van der Waals surface area contributed by atoms with Crippen LogP contribution in [0.15, 0.2) is 71.5 Å². The highest BCUT2D eigenvalue weighted by Crippen LogP contribution is 2.09. The van der Waals surface area contributed by atoms with E-state index in [2.05, 4.69) is 15.7 Å². The number of nitrogens with two attached hydrogens (primary N) is 1. The van der Waals surface area contributed by atoms with Gasteiger partial charge in [0.1, 0.15) is 5.69 Å². The summed E-state index contributed by atoms with van der Waals surface area (Å²) in [5, 5.41) is 9.38. The van der Waals surface area contributed by atoms with Crippen molar-refractivity contribution < 1.29 is 9.59 Å². The van der Waals surface area contributed by atoms with Crippen molar-refractivity contribution in [2.45, 2.75) is 13.1 Å². The lowest BCUT2D eigenvalue weighted by molar-refractivity contribution is 0.0943. The quantitative estimate of drug-likeness (QED) is 0.606. The van der Waals surface area contributed by atoms with Crippen LogP contribution in [-0.2, 0) is 13.1 Å². The Hall–Kier alpha value is -3.94. The first-order valence-electron chi connectivity index (χ1n) is 8.57. The zero-order chi connectivity index (χ0) is 19.9. The molecule has 28 heavy (non-hydrogen) atoms. The van der Waals surface area contributed by atoms with Crippen LogP contribution < -0.4 is 21.9 Å². The highest BCUT2D eigenvalue weighted by atomic mass is 16.2. The molecule has 0 bridgehead atoms. The molecule has 0 radical (unpaired) electrons. The average Bonchev–Trinajstić information content (AvgIpc) is 2.69. The Morgan fingerprint density at radius 2 is 1.64 bits per heavy atom. The molecule has 2 aromatic carbocycles. The van der Waals surface area contributed by atoms with Gasteiger partial charge in [-0.05, 0) is 29.3 Å². The van der Waals surface area contributed by atoms with Gasteiger partial charge in [0.05, 0.1) is 6.54 Å². The first kappa shape index (κ1) is 18.8. The van der Waals surface area contributed by atoms with Crippen LogP contribution in [0, 0.1) is 0 Å². The van der Waals surface area contributed by atoms with Crippen LogP contribution in [0.5, 0.6) is 0 Å². The Balaban J connectivity index is 1.65. The largest absolute Gasteiger partial charge is 0.351 e. The molecule has 8 nitrogen and oxygen atoms in total. The minimum absolute atomic E-state index is 0.155. The van der Waals surface area contributed by atoms with Crippen LogP contribution in [0.2, 0.25) is 0 Å². The molecule has 3 amide bonds. The number of anilines is 1. The van der Waals surface area contributed by atoms with E-state index in [-0.39, 0.29) is 30.2 Å². The summed E-state index contributed by atoms with van der Waals surface area (Å²) in [6.07, 6.45) is 0. The van der Waals surface area contributed by atoms with Crippen molar-refractivity contribution in [2.24, 2.45) is 5.73 Å². The van der Waals surface area contributed by atoms with Gasteiger partial charge in [0.25, 0.3) is 11.5 Å². The topological polar surface area (TPSA) is 119 Å². The maximum absolute atomic E-state index is 12.4. The molecule has 0 aliphatic heterocycles. The fraction of sp³-hybridized carbons (Fsp3) is 0.100. The van der Waals surface area contributed by atoms with Gasteiger partial charge >= 0.3 is 6.03 Å². The van der Waals surface area contributed by atoms with E-state index in [1.165, 1.54) is 16.8 Å². The van der Waals surface area contributed by atoms with Gasteiger partial charge in [0.2, 0.25) is 0 Å². The van der Waals surface area contributed by atoms with Crippen molar-refractivity contribution in [3.63, 3.8) is 0 Å². The number of hydrogen-bond donors (Lipinski definition) is 3. The summed E-state index contributed by atoms with van der Waals surface area (Å²) in [7, 11) is 0. The van der Waals surface area contributed by atoms with E-state index in [9.17, 15) is 14.4 Å². The van der Waals surface area contributed by atoms with Crippen molar-refractivity contribution in [2.75, 3.05) is 5.32 Å². The fourth-order valence-electron chi connectivity index (χ4n) is 2.56. The number of hydrogen-bond acceptors (Lipinski definition) is 4. The van der Waals surface area contributed by atoms with E-state index in [0.717, 1.165) is 11.1 Å². The lowest BCUT2D eigenvalue weighted by atomic mass is 10.2.